The van der Waals surface area contributed by atoms with E-state index in [1.54, 1.807) is 29.2 Å². The van der Waals surface area contributed by atoms with Crippen LogP contribution in [0.5, 0.6) is 5.75 Å². The predicted molar refractivity (Wildman–Crippen MR) is 62.5 cm³/mol. The van der Waals surface area contributed by atoms with Gasteiger partial charge in [-0.15, -0.1) is 35.7 Å². The average Bonchev–Trinajstić information content (AvgIpc) is 2.55. The first-order valence-electron chi connectivity index (χ1n) is 3.70. The van der Waals surface area contributed by atoms with Crippen LogP contribution in [0, 0.1) is 0 Å². The number of thiophene rings is 1. The van der Waals surface area contributed by atoms with Crippen LogP contribution >= 0.6 is 35.7 Å². The Bertz CT molecular complexity index is 447. The zero-order chi connectivity index (χ0) is 9.42. The Morgan fingerprint density at radius 1 is 1.46 bits per heavy atom. The summed E-state index contributed by atoms with van der Waals surface area (Å²) >= 11 is 7.60. The zero-order valence-electron chi connectivity index (χ0n) is 6.94. The van der Waals surface area contributed by atoms with Gasteiger partial charge < -0.3 is 5.11 Å². The molecule has 0 fully saturated rings. The van der Waals surface area contributed by atoms with Crippen LogP contribution in [0.4, 0.5) is 0 Å². The van der Waals surface area contributed by atoms with Gasteiger partial charge >= 0.3 is 0 Å². The van der Waals surface area contributed by atoms with Gasteiger partial charge in [-0.25, -0.2) is 0 Å². The lowest BCUT2D eigenvalue weighted by Gasteiger charge is -1.99. The molecule has 1 aromatic carbocycles. The summed E-state index contributed by atoms with van der Waals surface area (Å²) in [5.41, 5.74) is 0. The average molecular weight is 228 g/mol. The number of phenolic OH excluding ortho intramolecular Hbond substituents is 1. The van der Waals surface area contributed by atoms with Gasteiger partial charge in [-0.05, 0) is 18.4 Å². The Hall–Kier alpha value is -0.320. The number of thiol groups is 1. The SMILES string of the molecule is CSc1csc2c(S)c(O)ccc12. The molecule has 4 heteroatoms. The van der Waals surface area contributed by atoms with E-state index in [1.165, 1.54) is 10.3 Å². The summed E-state index contributed by atoms with van der Waals surface area (Å²) in [5, 5.41) is 12.7. The van der Waals surface area contributed by atoms with Crippen LogP contribution in [0.15, 0.2) is 27.3 Å². The van der Waals surface area contributed by atoms with Crippen LogP contribution < -0.4 is 0 Å². The highest BCUT2D eigenvalue weighted by molar-refractivity contribution is 7.99. The van der Waals surface area contributed by atoms with Gasteiger partial charge in [0.1, 0.15) is 5.75 Å². The third-order valence-corrected chi connectivity index (χ3v) is 4.42. The largest absolute Gasteiger partial charge is 0.507 e. The molecule has 0 bridgehead atoms. The van der Waals surface area contributed by atoms with Gasteiger partial charge in [-0.3, -0.25) is 0 Å². The standard InChI is InChI=1S/C9H8OS3/c1-12-7-4-13-9-5(7)2-3-6(10)8(9)11/h2-4,10-11H,1H3. The minimum absolute atomic E-state index is 0.255. The minimum atomic E-state index is 0.255. The number of hydrogen-bond donors (Lipinski definition) is 2. The van der Waals surface area contributed by atoms with E-state index in [9.17, 15) is 5.11 Å². The zero-order valence-corrected chi connectivity index (χ0v) is 9.47. The van der Waals surface area contributed by atoms with Crippen molar-refractivity contribution in [3.8, 4) is 5.75 Å². The molecule has 0 aliphatic carbocycles. The third kappa shape index (κ3) is 1.43. The summed E-state index contributed by atoms with van der Waals surface area (Å²) in [4.78, 5) is 1.93. The van der Waals surface area contributed by atoms with Gasteiger partial charge in [-0.2, -0.15) is 0 Å². The topological polar surface area (TPSA) is 20.2 Å². The Labute approximate surface area is 90.2 Å². The molecule has 0 unspecified atom stereocenters. The fourth-order valence-corrected chi connectivity index (χ4v) is 3.42. The Kier molecular flexibility index (Phi) is 2.45. The van der Waals surface area contributed by atoms with Gasteiger partial charge in [0.15, 0.2) is 0 Å². The van der Waals surface area contributed by atoms with Crippen molar-refractivity contribution in [1.29, 1.82) is 0 Å². The molecule has 13 heavy (non-hydrogen) atoms. The maximum absolute atomic E-state index is 9.42. The number of benzene rings is 1. The maximum atomic E-state index is 9.42. The minimum Gasteiger partial charge on any atom is -0.507 e. The first-order valence-corrected chi connectivity index (χ1v) is 6.25. The third-order valence-electron chi connectivity index (χ3n) is 1.88. The highest BCUT2D eigenvalue weighted by Crippen LogP contribution is 2.39. The van der Waals surface area contributed by atoms with Crippen LogP contribution in [-0.4, -0.2) is 11.4 Å². The number of fused-ring (bicyclic) bond motifs is 1. The van der Waals surface area contributed by atoms with Crippen molar-refractivity contribution in [2.75, 3.05) is 6.26 Å². The van der Waals surface area contributed by atoms with E-state index >= 15 is 0 Å². The summed E-state index contributed by atoms with van der Waals surface area (Å²) in [7, 11) is 0. The Morgan fingerprint density at radius 3 is 2.92 bits per heavy atom. The lowest BCUT2D eigenvalue weighted by atomic mass is 10.2. The van der Waals surface area contributed by atoms with E-state index in [4.69, 9.17) is 0 Å². The normalized spacial score (nSPS) is 10.9. The van der Waals surface area contributed by atoms with E-state index < -0.39 is 0 Å². The van der Waals surface area contributed by atoms with Gasteiger partial charge in [0.05, 0.1) is 9.60 Å². The number of hydrogen-bond acceptors (Lipinski definition) is 4. The maximum Gasteiger partial charge on any atom is 0.130 e. The van der Waals surface area contributed by atoms with Gasteiger partial charge in [0, 0.05) is 15.7 Å². The second-order valence-electron chi connectivity index (χ2n) is 2.61. The van der Waals surface area contributed by atoms with E-state index in [0.717, 1.165) is 4.70 Å². The molecule has 0 radical (unpaired) electrons. The molecule has 0 aliphatic rings. The molecule has 0 saturated heterocycles. The molecule has 0 aliphatic heterocycles. The second kappa shape index (κ2) is 3.44. The monoisotopic (exact) mass is 228 g/mol. The molecule has 2 rings (SSSR count). The number of aromatic hydroxyl groups is 1. The van der Waals surface area contributed by atoms with E-state index in [0.29, 0.717) is 4.90 Å². The number of phenols is 1. The van der Waals surface area contributed by atoms with Crippen LogP contribution in [-0.2, 0) is 0 Å². The Balaban J connectivity index is 2.81. The van der Waals surface area contributed by atoms with E-state index in [-0.39, 0.29) is 5.75 Å². The first-order chi connectivity index (χ1) is 6.24. The molecule has 68 valence electrons. The molecule has 0 saturated carbocycles. The van der Waals surface area contributed by atoms with Crippen LogP contribution in [0.25, 0.3) is 10.1 Å². The quantitative estimate of drug-likeness (QED) is 0.574. The molecular weight excluding hydrogens is 220 g/mol. The molecule has 1 aromatic heterocycles. The highest BCUT2D eigenvalue weighted by Gasteiger charge is 2.08. The lowest BCUT2D eigenvalue weighted by Crippen LogP contribution is -1.71. The Morgan fingerprint density at radius 2 is 2.23 bits per heavy atom. The smallest absolute Gasteiger partial charge is 0.130 e. The van der Waals surface area contributed by atoms with Crippen LogP contribution in [0.2, 0.25) is 0 Å². The molecule has 0 spiro atoms. The van der Waals surface area contributed by atoms with E-state index in [1.807, 2.05) is 12.3 Å². The number of thioether (sulfide) groups is 1. The molecule has 2 aromatic rings. The van der Waals surface area contributed by atoms with Crippen molar-refractivity contribution in [1.82, 2.24) is 0 Å². The van der Waals surface area contributed by atoms with Crippen molar-refractivity contribution >= 4 is 45.8 Å². The van der Waals surface area contributed by atoms with Crippen molar-refractivity contribution in [3.05, 3.63) is 17.5 Å². The summed E-state index contributed by atoms with van der Waals surface area (Å²) in [6.07, 6.45) is 2.05. The highest BCUT2D eigenvalue weighted by atomic mass is 32.2. The molecule has 1 N–H and O–H groups in total. The van der Waals surface area contributed by atoms with Crippen LogP contribution in [0.1, 0.15) is 0 Å². The fraction of sp³-hybridized carbons (Fsp3) is 0.111. The van der Waals surface area contributed by atoms with Crippen molar-refractivity contribution in [2.45, 2.75) is 9.79 Å². The summed E-state index contributed by atoms with van der Waals surface area (Å²) in [5.74, 6) is 0.255. The lowest BCUT2D eigenvalue weighted by molar-refractivity contribution is 0.464. The molecule has 1 nitrogen and oxygen atoms in total. The summed E-state index contributed by atoms with van der Waals surface area (Å²) < 4.78 is 1.06. The first kappa shape index (κ1) is 9.24. The van der Waals surface area contributed by atoms with Crippen LogP contribution in [0.3, 0.4) is 0 Å². The second-order valence-corrected chi connectivity index (χ2v) is 4.79. The molecule has 0 amide bonds. The van der Waals surface area contributed by atoms with Gasteiger partial charge in [0.25, 0.3) is 0 Å². The van der Waals surface area contributed by atoms with Crippen molar-refractivity contribution < 1.29 is 5.11 Å². The van der Waals surface area contributed by atoms with E-state index in [2.05, 4.69) is 18.0 Å². The van der Waals surface area contributed by atoms with Crippen molar-refractivity contribution in [3.63, 3.8) is 0 Å². The summed E-state index contributed by atoms with van der Waals surface area (Å²) in [6.45, 7) is 0. The number of rotatable bonds is 1. The summed E-state index contributed by atoms with van der Waals surface area (Å²) in [6, 6.07) is 3.63. The molecule has 0 atom stereocenters. The molecule has 1 heterocycles. The fourth-order valence-electron chi connectivity index (χ4n) is 1.21. The molecular formula is C9H8OS3. The van der Waals surface area contributed by atoms with Crippen molar-refractivity contribution in [2.24, 2.45) is 0 Å². The van der Waals surface area contributed by atoms with Gasteiger partial charge in [0.2, 0.25) is 0 Å². The van der Waals surface area contributed by atoms with Gasteiger partial charge in [-0.1, -0.05) is 0 Å². The predicted octanol–water partition coefficient (Wildman–Crippen LogP) is 3.62.